The number of carbonyl (C=O) groups is 1. The average Bonchev–Trinajstić information content (AvgIpc) is 2.43. The first-order valence-electron chi connectivity index (χ1n) is 7.70. The molecule has 0 radical (unpaired) electrons. The van der Waals surface area contributed by atoms with E-state index in [4.69, 9.17) is 5.11 Å². The predicted molar refractivity (Wildman–Crippen MR) is 82.4 cm³/mol. The first-order valence-corrected chi connectivity index (χ1v) is 7.70. The molecule has 0 aliphatic heterocycles. The van der Waals surface area contributed by atoms with Crippen molar-refractivity contribution in [2.75, 3.05) is 5.32 Å². The van der Waals surface area contributed by atoms with Crippen LogP contribution in [0, 0.1) is 12.8 Å². The van der Waals surface area contributed by atoms with Crippen molar-refractivity contribution in [3.63, 3.8) is 0 Å². The fraction of sp³-hybridized carbons (Fsp3) is 0.588. The van der Waals surface area contributed by atoms with Gasteiger partial charge in [0.1, 0.15) is 0 Å². The molecule has 2 N–H and O–H groups in total. The van der Waals surface area contributed by atoms with E-state index in [0.29, 0.717) is 11.6 Å². The van der Waals surface area contributed by atoms with Crippen LogP contribution >= 0.6 is 0 Å². The summed E-state index contributed by atoms with van der Waals surface area (Å²) in [5.41, 5.74) is 2.45. The third-order valence-electron chi connectivity index (χ3n) is 4.39. The second kappa shape index (κ2) is 6.78. The topological polar surface area (TPSA) is 49.3 Å². The van der Waals surface area contributed by atoms with Gasteiger partial charge in [0.25, 0.3) is 0 Å². The minimum Gasteiger partial charge on any atom is -0.478 e. The third-order valence-corrected chi connectivity index (χ3v) is 4.39. The van der Waals surface area contributed by atoms with Crippen molar-refractivity contribution in [1.82, 2.24) is 0 Å². The Morgan fingerprint density at radius 2 is 2.00 bits per heavy atom. The average molecular weight is 275 g/mol. The monoisotopic (exact) mass is 275 g/mol. The minimum absolute atomic E-state index is 0.359. The molecule has 0 heterocycles. The molecule has 1 aromatic carbocycles. The fourth-order valence-electron chi connectivity index (χ4n) is 3.13. The lowest BCUT2D eigenvalue weighted by Crippen LogP contribution is -2.26. The minimum atomic E-state index is -0.861. The highest BCUT2D eigenvalue weighted by molar-refractivity contribution is 5.89. The molecule has 3 heteroatoms. The van der Waals surface area contributed by atoms with Crippen LogP contribution < -0.4 is 5.32 Å². The van der Waals surface area contributed by atoms with Crippen LogP contribution in [0.3, 0.4) is 0 Å². The van der Waals surface area contributed by atoms with Gasteiger partial charge in [-0.1, -0.05) is 25.8 Å². The van der Waals surface area contributed by atoms with Crippen LogP contribution in [0.15, 0.2) is 18.2 Å². The summed E-state index contributed by atoms with van der Waals surface area (Å²) in [5, 5.41) is 12.6. The van der Waals surface area contributed by atoms with E-state index in [1.165, 1.54) is 38.5 Å². The molecule has 1 aliphatic rings. The molecule has 110 valence electrons. The molecule has 3 nitrogen and oxygen atoms in total. The number of anilines is 1. The van der Waals surface area contributed by atoms with Crippen molar-refractivity contribution < 1.29 is 9.90 Å². The standard InChI is InChI=1S/C17H25NO2/c1-3-4-13-6-9-15(10-7-13)18-16-11-14(17(19)20)8-5-12(16)2/h5,8,11,13,15,18H,3-4,6-7,9-10H2,1-2H3,(H,19,20). The van der Waals surface area contributed by atoms with E-state index >= 15 is 0 Å². The Kier molecular flexibility index (Phi) is 5.05. The molecule has 1 saturated carbocycles. The second-order valence-electron chi connectivity index (χ2n) is 5.99. The van der Waals surface area contributed by atoms with E-state index in [1.807, 2.05) is 13.0 Å². The van der Waals surface area contributed by atoms with Crippen LogP contribution in [0.5, 0.6) is 0 Å². The van der Waals surface area contributed by atoms with Gasteiger partial charge in [-0.15, -0.1) is 0 Å². The van der Waals surface area contributed by atoms with Gasteiger partial charge in [0.05, 0.1) is 5.56 Å². The Balaban J connectivity index is 1.97. The Hall–Kier alpha value is -1.51. The summed E-state index contributed by atoms with van der Waals surface area (Å²) in [7, 11) is 0. The number of rotatable bonds is 5. The molecule has 1 aromatic rings. The summed E-state index contributed by atoms with van der Waals surface area (Å²) in [5.74, 6) is 0.0317. The smallest absolute Gasteiger partial charge is 0.335 e. The molecular weight excluding hydrogens is 250 g/mol. The SMILES string of the molecule is CCCC1CCC(Nc2cc(C(=O)O)ccc2C)CC1. The van der Waals surface area contributed by atoms with Gasteiger partial charge in [-0.25, -0.2) is 4.79 Å². The van der Waals surface area contributed by atoms with E-state index in [-0.39, 0.29) is 0 Å². The zero-order valence-electron chi connectivity index (χ0n) is 12.5. The molecule has 2 rings (SSSR count). The molecule has 0 amide bonds. The normalized spacial score (nSPS) is 22.5. The summed E-state index contributed by atoms with van der Waals surface area (Å²) in [4.78, 5) is 11.0. The van der Waals surface area contributed by atoms with Crippen LogP contribution in [0.1, 0.15) is 61.4 Å². The highest BCUT2D eigenvalue weighted by Crippen LogP contribution is 2.30. The molecular formula is C17H25NO2. The van der Waals surface area contributed by atoms with Crippen molar-refractivity contribution in [2.24, 2.45) is 5.92 Å². The Morgan fingerprint density at radius 3 is 2.60 bits per heavy atom. The summed E-state index contributed by atoms with van der Waals surface area (Å²) in [6, 6.07) is 5.80. The van der Waals surface area contributed by atoms with Crippen molar-refractivity contribution >= 4 is 11.7 Å². The van der Waals surface area contributed by atoms with E-state index in [1.54, 1.807) is 12.1 Å². The van der Waals surface area contributed by atoms with E-state index in [0.717, 1.165) is 17.2 Å². The van der Waals surface area contributed by atoms with Crippen molar-refractivity contribution in [3.05, 3.63) is 29.3 Å². The number of benzene rings is 1. The molecule has 1 fully saturated rings. The lowest BCUT2D eigenvalue weighted by Gasteiger charge is -2.30. The van der Waals surface area contributed by atoms with E-state index in [9.17, 15) is 4.79 Å². The van der Waals surface area contributed by atoms with Gasteiger partial charge in [-0.3, -0.25) is 0 Å². The first-order chi connectivity index (χ1) is 9.60. The molecule has 0 saturated heterocycles. The number of nitrogens with one attached hydrogen (secondary N) is 1. The largest absolute Gasteiger partial charge is 0.478 e. The Morgan fingerprint density at radius 1 is 1.30 bits per heavy atom. The number of carboxylic acids is 1. The number of hydrogen-bond donors (Lipinski definition) is 2. The summed E-state index contributed by atoms with van der Waals surface area (Å²) < 4.78 is 0. The summed E-state index contributed by atoms with van der Waals surface area (Å²) in [6.45, 7) is 4.28. The quantitative estimate of drug-likeness (QED) is 0.834. The van der Waals surface area contributed by atoms with Gasteiger partial charge in [0, 0.05) is 11.7 Å². The van der Waals surface area contributed by atoms with Gasteiger partial charge in [-0.2, -0.15) is 0 Å². The van der Waals surface area contributed by atoms with Crippen molar-refractivity contribution in [2.45, 2.75) is 58.4 Å². The molecule has 1 aliphatic carbocycles. The van der Waals surface area contributed by atoms with Gasteiger partial charge >= 0.3 is 5.97 Å². The lowest BCUT2D eigenvalue weighted by atomic mass is 9.83. The zero-order valence-corrected chi connectivity index (χ0v) is 12.5. The number of aryl methyl sites for hydroxylation is 1. The second-order valence-corrected chi connectivity index (χ2v) is 5.99. The summed E-state index contributed by atoms with van der Waals surface area (Å²) in [6.07, 6.45) is 7.61. The van der Waals surface area contributed by atoms with E-state index < -0.39 is 5.97 Å². The van der Waals surface area contributed by atoms with E-state index in [2.05, 4.69) is 12.2 Å². The maximum absolute atomic E-state index is 11.0. The summed E-state index contributed by atoms with van der Waals surface area (Å²) >= 11 is 0. The third kappa shape index (κ3) is 3.75. The van der Waals surface area contributed by atoms with Crippen LogP contribution in [0.4, 0.5) is 5.69 Å². The van der Waals surface area contributed by atoms with Gasteiger partial charge < -0.3 is 10.4 Å². The van der Waals surface area contributed by atoms with Crippen LogP contribution in [-0.4, -0.2) is 17.1 Å². The molecule has 0 spiro atoms. The van der Waals surface area contributed by atoms with Crippen molar-refractivity contribution in [3.8, 4) is 0 Å². The van der Waals surface area contributed by atoms with Gasteiger partial charge in [0.15, 0.2) is 0 Å². The molecule has 0 bridgehead atoms. The molecule has 20 heavy (non-hydrogen) atoms. The lowest BCUT2D eigenvalue weighted by molar-refractivity contribution is 0.0697. The van der Waals surface area contributed by atoms with Crippen molar-refractivity contribution in [1.29, 1.82) is 0 Å². The number of hydrogen-bond acceptors (Lipinski definition) is 2. The number of aromatic carboxylic acids is 1. The van der Waals surface area contributed by atoms with Gasteiger partial charge in [-0.05, 0) is 56.2 Å². The number of carboxylic acid groups (broad SMARTS) is 1. The maximum atomic E-state index is 11.0. The molecule has 0 aromatic heterocycles. The van der Waals surface area contributed by atoms with Crippen LogP contribution in [-0.2, 0) is 0 Å². The molecule has 0 unspecified atom stereocenters. The zero-order chi connectivity index (χ0) is 14.5. The fourth-order valence-corrected chi connectivity index (χ4v) is 3.13. The highest BCUT2D eigenvalue weighted by atomic mass is 16.4. The first kappa shape index (κ1) is 14.9. The Bertz CT molecular complexity index is 462. The maximum Gasteiger partial charge on any atom is 0.335 e. The molecule has 0 atom stereocenters. The van der Waals surface area contributed by atoms with Gasteiger partial charge in [0.2, 0.25) is 0 Å². The predicted octanol–water partition coefficient (Wildman–Crippen LogP) is 4.46. The Labute approximate surface area is 121 Å². The van der Waals surface area contributed by atoms with Crippen LogP contribution in [0.25, 0.3) is 0 Å². The van der Waals surface area contributed by atoms with Crippen LogP contribution in [0.2, 0.25) is 0 Å². The highest BCUT2D eigenvalue weighted by Gasteiger charge is 2.21.